The molecule has 7 heteroatoms. The molecule has 0 aliphatic heterocycles. The van der Waals surface area contributed by atoms with Gasteiger partial charge in [0.05, 0.1) is 12.2 Å². The van der Waals surface area contributed by atoms with Crippen molar-refractivity contribution in [3.63, 3.8) is 0 Å². The fraction of sp³-hybridized carbons (Fsp3) is 0.250. The molecule has 1 heterocycles. The Kier molecular flexibility index (Phi) is 6.17. The standard InChI is InChI=1S/C20H21N3O4/c1-14-6-5-7-15(12-14)19-22-20(27-23-19)16-8-3-4-9-17(16)26-13-18(24)21-10-11-25-2/h3-9,12H,10-11,13H2,1-2H3,(H,21,24). The van der Waals surface area contributed by atoms with Crippen molar-refractivity contribution in [2.24, 2.45) is 0 Å². The summed E-state index contributed by atoms with van der Waals surface area (Å²) in [5.41, 5.74) is 2.62. The number of benzene rings is 2. The minimum atomic E-state index is -0.229. The molecule has 0 aliphatic carbocycles. The van der Waals surface area contributed by atoms with Crippen LogP contribution in [0.3, 0.4) is 0 Å². The van der Waals surface area contributed by atoms with Gasteiger partial charge in [0, 0.05) is 19.2 Å². The zero-order valence-corrected chi connectivity index (χ0v) is 15.3. The lowest BCUT2D eigenvalue weighted by Crippen LogP contribution is -2.31. The van der Waals surface area contributed by atoms with E-state index in [1.165, 1.54) is 0 Å². The van der Waals surface area contributed by atoms with Gasteiger partial charge in [-0.1, -0.05) is 41.1 Å². The van der Waals surface area contributed by atoms with Gasteiger partial charge in [0.1, 0.15) is 5.75 Å². The number of methoxy groups -OCH3 is 1. The van der Waals surface area contributed by atoms with E-state index in [4.69, 9.17) is 14.0 Å². The molecule has 1 aromatic heterocycles. The van der Waals surface area contributed by atoms with Crippen molar-refractivity contribution in [2.45, 2.75) is 6.92 Å². The van der Waals surface area contributed by atoms with Crippen LogP contribution in [0.1, 0.15) is 5.56 Å². The fourth-order valence-corrected chi connectivity index (χ4v) is 2.49. The number of nitrogens with zero attached hydrogens (tertiary/aromatic N) is 2. The quantitative estimate of drug-likeness (QED) is 0.616. The van der Waals surface area contributed by atoms with Gasteiger partial charge in [-0.15, -0.1) is 0 Å². The zero-order valence-electron chi connectivity index (χ0n) is 15.3. The van der Waals surface area contributed by atoms with Crippen LogP contribution in [0.5, 0.6) is 5.75 Å². The van der Waals surface area contributed by atoms with Crippen LogP contribution in [-0.2, 0) is 9.53 Å². The Morgan fingerprint density at radius 3 is 2.85 bits per heavy atom. The van der Waals surface area contributed by atoms with Gasteiger partial charge in [-0.25, -0.2) is 0 Å². The van der Waals surface area contributed by atoms with Crippen LogP contribution in [0, 0.1) is 6.92 Å². The third-order valence-electron chi connectivity index (χ3n) is 3.81. The van der Waals surface area contributed by atoms with Gasteiger partial charge in [0.15, 0.2) is 6.61 Å². The van der Waals surface area contributed by atoms with Crippen LogP contribution in [0.2, 0.25) is 0 Å². The number of para-hydroxylation sites is 1. The summed E-state index contributed by atoms with van der Waals surface area (Å²) in [5.74, 6) is 1.11. The van der Waals surface area contributed by atoms with E-state index in [9.17, 15) is 4.79 Å². The molecule has 1 N–H and O–H groups in total. The second-order valence-electron chi connectivity index (χ2n) is 5.92. The molecule has 0 radical (unpaired) electrons. The smallest absolute Gasteiger partial charge is 0.262 e. The molecule has 3 rings (SSSR count). The van der Waals surface area contributed by atoms with Crippen LogP contribution in [-0.4, -0.2) is 42.9 Å². The van der Waals surface area contributed by atoms with E-state index in [0.717, 1.165) is 11.1 Å². The number of hydrogen-bond donors (Lipinski definition) is 1. The van der Waals surface area contributed by atoms with Gasteiger partial charge < -0.3 is 19.3 Å². The molecule has 0 unspecified atom stereocenters. The van der Waals surface area contributed by atoms with Crippen molar-refractivity contribution in [3.8, 4) is 28.6 Å². The summed E-state index contributed by atoms with van der Waals surface area (Å²) in [7, 11) is 1.58. The number of ether oxygens (including phenoxy) is 2. The minimum Gasteiger partial charge on any atom is -0.483 e. The number of aryl methyl sites for hydroxylation is 1. The summed E-state index contributed by atoms with van der Waals surface area (Å²) < 4.78 is 15.9. The maximum atomic E-state index is 11.8. The first-order chi connectivity index (χ1) is 13.2. The third kappa shape index (κ3) is 4.92. The highest BCUT2D eigenvalue weighted by Gasteiger charge is 2.15. The highest BCUT2D eigenvalue weighted by atomic mass is 16.5. The number of hydrogen-bond acceptors (Lipinski definition) is 6. The van der Waals surface area contributed by atoms with Crippen molar-refractivity contribution in [1.29, 1.82) is 0 Å². The summed E-state index contributed by atoms with van der Waals surface area (Å²) in [6.07, 6.45) is 0. The minimum absolute atomic E-state index is 0.112. The second-order valence-corrected chi connectivity index (χ2v) is 5.92. The lowest BCUT2D eigenvalue weighted by molar-refractivity contribution is -0.123. The number of aromatic nitrogens is 2. The number of amides is 1. The molecule has 140 valence electrons. The van der Waals surface area contributed by atoms with Gasteiger partial charge in [0.25, 0.3) is 11.8 Å². The summed E-state index contributed by atoms with van der Waals surface area (Å²) in [6.45, 7) is 2.78. The van der Waals surface area contributed by atoms with Gasteiger partial charge in [-0.3, -0.25) is 4.79 Å². The summed E-state index contributed by atoms with van der Waals surface area (Å²) in [6, 6.07) is 15.1. The van der Waals surface area contributed by atoms with Crippen LogP contribution < -0.4 is 10.1 Å². The van der Waals surface area contributed by atoms with Gasteiger partial charge in [-0.2, -0.15) is 4.98 Å². The van der Waals surface area contributed by atoms with E-state index in [-0.39, 0.29) is 12.5 Å². The molecular weight excluding hydrogens is 346 g/mol. The summed E-state index contributed by atoms with van der Waals surface area (Å²) >= 11 is 0. The normalized spacial score (nSPS) is 10.6. The highest BCUT2D eigenvalue weighted by Crippen LogP contribution is 2.30. The molecule has 3 aromatic rings. The predicted molar refractivity (Wildman–Crippen MR) is 100 cm³/mol. The lowest BCUT2D eigenvalue weighted by Gasteiger charge is -2.09. The van der Waals surface area contributed by atoms with E-state index >= 15 is 0 Å². The Morgan fingerprint density at radius 1 is 1.19 bits per heavy atom. The number of nitrogens with one attached hydrogen (secondary N) is 1. The van der Waals surface area contributed by atoms with Crippen molar-refractivity contribution < 1.29 is 18.8 Å². The monoisotopic (exact) mass is 367 g/mol. The SMILES string of the molecule is COCCNC(=O)COc1ccccc1-c1nc(-c2cccc(C)c2)no1. The topological polar surface area (TPSA) is 86.5 Å². The third-order valence-corrected chi connectivity index (χ3v) is 3.81. The molecule has 0 spiro atoms. The molecule has 0 atom stereocenters. The molecule has 2 aromatic carbocycles. The van der Waals surface area contributed by atoms with Crippen LogP contribution >= 0.6 is 0 Å². The average Bonchev–Trinajstić information content (AvgIpc) is 3.17. The first kappa shape index (κ1) is 18.6. The van der Waals surface area contributed by atoms with E-state index in [1.807, 2.05) is 49.4 Å². The van der Waals surface area contributed by atoms with Crippen molar-refractivity contribution in [3.05, 3.63) is 54.1 Å². The molecule has 0 aliphatic rings. The van der Waals surface area contributed by atoms with E-state index in [0.29, 0.717) is 36.2 Å². The number of carbonyl (C=O) groups excluding carboxylic acids is 1. The van der Waals surface area contributed by atoms with Crippen LogP contribution in [0.15, 0.2) is 53.1 Å². The van der Waals surface area contributed by atoms with Crippen LogP contribution in [0.4, 0.5) is 0 Å². The Bertz CT molecular complexity index is 908. The van der Waals surface area contributed by atoms with E-state index < -0.39 is 0 Å². The summed E-state index contributed by atoms with van der Waals surface area (Å²) in [4.78, 5) is 16.3. The predicted octanol–water partition coefficient (Wildman–Crippen LogP) is 2.85. The van der Waals surface area contributed by atoms with Crippen molar-refractivity contribution >= 4 is 5.91 Å². The Balaban J connectivity index is 1.73. The lowest BCUT2D eigenvalue weighted by atomic mass is 10.1. The largest absolute Gasteiger partial charge is 0.483 e. The van der Waals surface area contributed by atoms with Gasteiger partial charge >= 0.3 is 0 Å². The molecule has 0 bridgehead atoms. The maximum Gasteiger partial charge on any atom is 0.262 e. The second kappa shape index (κ2) is 8.95. The Morgan fingerprint density at radius 2 is 2.04 bits per heavy atom. The first-order valence-electron chi connectivity index (χ1n) is 8.56. The van der Waals surface area contributed by atoms with Crippen molar-refractivity contribution in [2.75, 3.05) is 26.9 Å². The Labute approximate surface area is 157 Å². The Hall–Kier alpha value is -3.19. The molecule has 7 nitrogen and oxygen atoms in total. The van der Waals surface area contributed by atoms with E-state index in [2.05, 4.69) is 15.5 Å². The molecule has 0 saturated heterocycles. The fourth-order valence-electron chi connectivity index (χ4n) is 2.49. The average molecular weight is 367 g/mol. The molecule has 1 amide bonds. The number of carbonyl (C=O) groups is 1. The van der Waals surface area contributed by atoms with E-state index in [1.54, 1.807) is 13.2 Å². The summed E-state index contributed by atoms with van der Waals surface area (Å²) in [5, 5.41) is 6.76. The van der Waals surface area contributed by atoms with Crippen LogP contribution in [0.25, 0.3) is 22.8 Å². The van der Waals surface area contributed by atoms with Gasteiger partial charge in [0.2, 0.25) is 5.82 Å². The molecule has 27 heavy (non-hydrogen) atoms. The number of rotatable bonds is 8. The first-order valence-corrected chi connectivity index (χ1v) is 8.56. The maximum absolute atomic E-state index is 11.8. The van der Waals surface area contributed by atoms with Crippen molar-refractivity contribution in [1.82, 2.24) is 15.5 Å². The highest BCUT2D eigenvalue weighted by molar-refractivity contribution is 5.78. The molecule has 0 saturated carbocycles. The molecular formula is C20H21N3O4. The zero-order chi connectivity index (χ0) is 19.1. The molecule has 0 fully saturated rings. The van der Waals surface area contributed by atoms with Gasteiger partial charge in [-0.05, 0) is 25.1 Å².